The molecule has 0 aromatic heterocycles. The van der Waals surface area contributed by atoms with Gasteiger partial charge in [0.2, 0.25) is 0 Å². The van der Waals surface area contributed by atoms with Crippen molar-refractivity contribution in [2.45, 2.75) is 39.2 Å². The number of ether oxygens (including phenoxy) is 1. The standard InChI is InChI=1S/C17H20N2O2.C5H10O2/c1-18-15-6-2-3-7-16(15)19-17(21)14-10-8-13(9-11-14)5-4-12-20;1-5(2,3)7-4-6/h2-3,6-11,18,20H,4-5,12H2,1H3,(H,19,21);4H,1-3H3. The quantitative estimate of drug-likeness (QED) is 0.629. The van der Waals surface area contributed by atoms with E-state index in [1.807, 2.05) is 76.3 Å². The third-order valence-corrected chi connectivity index (χ3v) is 3.69. The third kappa shape index (κ3) is 8.68. The molecule has 0 radical (unpaired) electrons. The lowest BCUT2D eigenvalue weighted by Gasteiger charge is -2.14. The predicted octanol–water partition coefficient (Wildman–Crippen LogP) is 3.86. The average molecular weight is 386 g/mol. The molecule has 0 saturated carbocycles. The molecule has 6 heteroatoms. The van der Waals surface area contributed by atoms with Gasteiger partial charge in [-0.3, -0.25) is 9.59 Å². The van der Waals surface area contributed by atoms with Gasteiger partial charge in [-0.05, 0) is 63.4 Å². The number of nitrogens with one attached hydrogen (secondary N) is 2. The van der Waals surface area contributed by atoms with Gasteiger partial charge < -0.3 is 20.5 Å². The van der Waals surface area contributed by atoms with Gasteiger partial charge in [0.1, 0.15) is 5.60 Å². The Kier molecular flexibility index (Phi) is 9.74. The fourth-order valence-corrected chi connectivity index (χ4v) is 2.25. The second-order valence-corrected chi connectivity index (χ2v) is 7.10. The minimum atomic E-state index is -0.318. The number of aryl methyl sites for hydroxylation is 1. The number of aliphatic hydroxyl groups is 1. The van der Waals surface area contributed by atoms with E-state index in [1.165, 1.54) is 0 Å². The predicted molar refractivity (Wildman–Crippen MR) is 113 cm³/mol. The van der Waals surface area contributed by atoms with E-state index >= 15 is 0 Å². The van der Waals surface area contributed by atoms with Gasteiger partial charge in [0, 0.05) is 19.2 Å². The monoisotopic (exact) mass is 386 g/mol. The number of rotatable bonds is 7. The smallest absolute Gasteiger partial charge is 0.293 e. The molecule has 0 atom stereocenters. The molecule has 1 amide bonds. The van der Waals surface area contributed by atoms with Crippen molar-refractivity contribution < 1.29 is 19.4 Å². The van der Waals surface area contributed by atoms with Gasteiger partial charge in [-0.2, -0.15) is 0 Å². The molecule has 0 aliphatic carbocycles. The number of carbonyl (C=O) groups excluding carboxylic acids is 2. The summed E-state index contributed by atoms with van der Waals surface area (Å²) < 4.78 is 4.55. The van der Waals surface area contributed by atoms with E-state index in [9.17, 15) is 9.59 Å². The van der Waals surface area contributed by atoms with Gasteiger partial charge in [0.25, 0.3) is 12.4 Å². The molecule has 0 unspecified atom stereocenters. The summed E-state index contributed by atoms with van der Waals surface area (Å²) in [5, 5.41) is 14.8. The summed E-state index contributed by atoms with van der Waals surface area (Å²) in [5.41, 5.74) is 3.06. The maximum atomic E-state index is 12.2. The maximum absolute atomic E-state index is 12.2. The molecule has 0 aliphatic rings. The normalized spacial score (nSPS) is 10.3. The Bertz CT molecular complexity index is 737. The van der Waals surface area contributed by atoms with Gasteiger partial charge >= 0.3 is 0 Å². The first kappa shape index (κ1) is 23.2. The number of carbonyl (C=O) groups is 2. The number of hydrogen-bond acceptors (Lipinski definition) is 5. The second kappa shape index (κ2) is 11.8. The highest BCUT2D eigenvalue weighted by Gasteiger charge is 2.08. The van der Waals surface area contributed by atoms with Gasteiger partial charge in [-0.25, -0.2) is 0 Å². The van der Waals surface area contributed by atoms with Crippen LogP contribution in [0.3, 0.4) is 0 Å². The number of benzene rings is 2. The number of hydrogen-bond donors (Lipinski definition) is 3. The summed E-state index contributed by atoms with van der Waals surface area (Å²) in [6.45, 7) is 6.10. The van der Waals surface area contributed by atoms with E-state index in [2.05, 4.69) is 15.4 Å². The summed E-state index contributed by atoms with van der Waals surface area (Å²) in [5.74, 6) is -0.133. The Labute approximate surface area is 166 Å². The lowest BCUT2D eigenvalue weighted by molar-refractivity contribution is -0.138. The number of para-hydroxylation sites is 2. The number of aliphatic hydroxyl groups excluding tert-OH is 1. The van der Waals surface area contributed by atoms with Crippen LogP contribution < -0.4 is 10.6 Å². The van der Waals surface area contributed by atoms with Gasteiger partial charge in [0.15, 0.2) is 0 Å². The molecule has 0 heterocycles. The molecule has 0 saturated heterocycles. The van der Waals surface area contributed by atoms with Crippen LogP contribution in [0.4, 0.5) is 11.4 Å². The first-order valence-electron chi connectivity index (χ1n) is 9.20. The molecule has 0 aliphatic heterocycles. The Hall–Kier alpha value is -2.86. The lowest BCUT2D eigenvalue weighted by Crippen LogP contribution is -2.17. The van der Waals surface area contributed by atoms with Crippen molar-refractivity contribution >= 4 is 23.8 Å². The fourth-order valence-electron chi connectivity index (χ4n) is 2.25. The Morgan fingerprint density at radius 2 is 1.68 bits per heavy atom. The van der Waals surface area contributed by atoms with Crippen LogP contribution in [0.5, 0.6) is 0 Å². The van der Waals surface area contributed by atoms with Crippen LogP contribution in [0.1, 0.15) is 43.1 Å². The number of amides is 1. The SMILES string of the molecule is CC(C)(C)OC=O.CNc1ccccc1NC(=O)c1ccc(CCCO)cc1. The molecule has 3 N–H and O–H groups in total. The van der Waals surface area contributed by atoms with E-state index < -0.39 is 0 Å². The van der Waals surface area contributed by atoms with Crippen molar-refractivity contribution in [3.05, 3.63) is 59.7 Å². The summed E-state index contributed by atoms with van der Waals surface area (Å²) in [4.78, 5) is 21.8. The van der Waals surface area contributed by atoms with Crippen molar-refractivity contribution in [2.75, 3.05) is 24.3 Å². The molecule has 0 fully saturated rings. The summed E-state index contributed by atoms with van der Waals surface area (Å²) >= 11 is 0. The topological polar surface area (TPSA) is 87.7 Å². The Morgan fingerprint density at radius 1 is 1.07 bits per heavy atom. The molecule has 152 valence electrons. The molecule has 0 spiro atoms. The maximum Gasteiger partial charge on any atom is 0.293 e. The van der Waals surface area contributed by atoms with Crippen molar-refractivity contribution in [1.82, 2.24) is 0 Å². The molecule has 2 aromatic carbocycles. The summed E-state index contributed by atoms with van der Waals surface area (Å²) in [6, 6.07) is 15.0. The number of anilines is 2. The molecule has 2 aromatic rings. The largest absolute Gasteiger partial charge is 0.462 e. The highest BCUT2D eigenvalue weighted by molar-refractivity contribution is 6.05. The summed E-state index contributed by atoms with van der Waals surface area (Å²) in [7, 11) is 1.82. The molecule has 6 nitrogen and oxygen atoms in total. The van der Waals surface area contributed by atoms with Crippen LogP contribution in [0.25, 0.3) is 0 Å². The van der Waals surface area contributed by atoms with Crippen LogP contribution >= 0.6 is 0 Å². The van der Waals surface area contributed by atoms with E-state index in [1.54, 1.807) is 0 Å². The molecule has 0 bridgehead atoms. The van der Waals surface area contributed by atoms with Gasteiger partial charge in [-0.15, -0.1) is 0 Å². The van der Waals surface area contributed by atoms with Crippen molar-refractivity contribution in [2.24, 2.45) is 0 Å². The van der Waals surface area contributed by atoms with Gasteiger partial charge in [0.05, 0.1) is 11.4 Å². The first-order valence-corrected chi connectivity index (χ1v) is 9.20. The van der Waals surface area contributed by atoms with E-state index in [0.717, 1.165) is 29.8 Å². The minimum Gasteiger partial charge on any atom is -0.462 e. The van der Waals surface area contributed by atoms with Crippen LogP contribution in [0.15, 0.2) is 48.5 Å². The van der Waals surface area contributed by atoms with Crippen molar-refractivity contribution in [3.63, 3.8) is 0 Å². The Balaban J connectivity index is 0.000000480. The molecule has 28 heavy (non-hydrogen) atoms. The van der Waals surface area contributed by atoms with Gasteiger partial charge in [-0.1, -0.05) is 24.3 Å². The van der Waals surface area contributed by atoms with E-state index in [-0.39, 0.29) is 18.1 Å². The van der Waals surface area contributed by atoms with E-state index in [4.69, 9.17) is 5.11 Å². The Morgan fingerprint density at radius 3 is 2.14 bits per heavy atom. The van der Waals surface area contributed by atoms with Crippen LogP contribution in [-0.2, 0) is 16.0 Å². The molecular formula is C22H30N2O4. The minimum absolute atomic E-state index is 0.133. The second-order valence-electron chi connectivity index (χ2n) is 7.10. The third-order valence-electron chi connectivity index (χ3n) is 3.69. The van der Waals surface area contributed by atoms with Crippen molar-refractivity contribution in [3.8, 4) is 0 Å². The average Bonchev–Trinajstić information content (AvgIpc) is 2.66. The van der Waals surface area contributed by atoms with Crippen LogP contribution in [0.2, 0.25) is 0 Å². The van der Waals surface area contributed by atoms with E-state index in [0.29, 0.717) is 12.0 Å². The molecule has 2 rings (SSSR count). The first-order chi connectivity index (χ1) is 13.3. The lowest BCUT2D eigenvalue weighted by atomic mass is 10.1. The summed E-state index contributed by atoms with van der Waals surface area (Å²) in [6.07, 6.45) is 1.56. The fraction of sp³-hybridized carbons (Fsp3) is 0.364. The highest BCUT2D eigenvalue weighted by Crippen LogP contribution is 2.21. The van der Waals surface area contributed by atoms with Crippen LogP contribution in [-0.4, -0.2) is 36.7 Å². The molecular weight excluding hydrogens is 356 g/mol. The van der Waals surface area contributed by atoms with Crippen LogP contribution in [0, 0.1) is 0 Å². The zero-order valence-electron chi connectivity index (χ0n) is 17.0. The zero-order valence-corrected chi connectivity index (χ0v) is 17.0. The highest BCUT2D eigenvalue weighted by atomic mass is 16.5. The zero-order chi connectivity index (χ0) is 21.0. The van der Waals surface area contributed by atoms with Crippen molar-refractivity contribution in [1.29, 1.82) is 0 Å².